The van der Waals surface area contributed by atoms with Crippen molar-refractivity contribution in [1.82, 2.24) is 10.3 Å². The Morgan fingerprint density at radius 2 is 1.92 bits per heavy atom. The van der Waals surface area contributed by atoms with E-state index in [0.717, 1.165) is 18.4 Å². The normalized spacial score (nSPS) is 13.5. The van der Waals surface area contributed by atoms with E-state index in [2.05, 4.69) is 43.7 Å². The summed E-state index contributed by atoms with van der Waals surface area (Å²) >= 11 is 3.17. The van der Waals surface area contributed by atoms with Gasteiger partial charge in [-0.25, -0.2) is 4.63 Å². The van der Waals surface area contributed by atoms with Crippen LogP contribution in [-0.2, 0) is 12.8 Å². The van der Waals surface area contributed by atoms with Gasteiger partial charge in [0.15, 0.2) is 16.1 Å². The van der Waals surface area contributed by atoms with Crippen LogP contribution in [0.4, 0.5) is 5.82 Å². The Morgan fingerprint density at radius 3 is 2.71 bits per heavy atom. The van der Waals surface area contributed by atoms with Gasteiger partial charge in [-0.1, -0.05) is 12.1 Å². The molecule has 4 rings (SSSR count). The molecule has 2 heterocycles. The molecule has 0 saturated carbocycles. The maximum Gasteiger partial charge on any atom is 0.292 e. The number of hydrogen-bond acceptors (Lipinski definition) is 5. The average molecular weight is 388 g/mol. The highest BCUT2D eigenvalue weighted by molar-refractivity contribution is 9.10. The van der Waals surface area contributed by atoms with Crippen LogP contribution in [0, 0.1) is 0 Å². The second kappa shape index (κ2) is 6.24. The predicted octanol–water partition coefficient (Wildman–Crippen LogP) is 4.22. The number of rotatable bonds is 3. The van der Waals surface area contributed by atoms with Crippen LogP contribution >= 0.6 is 15.9 Å². The first kappa shape index (κ1) is 15.1. The van der Waals surface area contributed by atoms with Gasteiger partial charge in [-0.15, -0.1) is 0 Å². The van der Waals surface area contributed by atoms with E-state index < -0.39 is 5.91 Å². The van der Waals surface area contributed by atoms with Crippen LogP contribution in [0.5, 0.6) is 0 Å². The topological polar surface area (TPSA) is 81.2 Å². The van der Waals surface area contributed by atoms with Gasteiger partial charge in [-0.3, -0.25) is 10.1 Å². The molecule has 0 bridgehead atoms. The Balaban J connectivity index is 1.62. The molecule has 7 heteroatoms. The van der Waals surface area contributed by atoms with Crippen LogP contribution in [-0.4, -0.2) is 16.2 Å². The number of nitrogens with zero attached hydrogens (tertiary/aromatic N) is 2. The molecule has 3 aromatic rings. The summed E-state index contributed by atoms with van der Waals surface area (Å²) in [4.78, 5) is 12.2. The monoisotopic (exact) mass is 387 g/mol. The van der Waals surface area contributed by atoms with Gasteiger partial charge in [-0.05, 0) is 81.3 Å². The van der Waals surface area contributed by atoms with Gasteiger partial charge in [0.1, 0.15) is 0 Å². The zero-order valence-electron chi connectivity index (χ0n) is 12.7. The maximum absolute atomic E-state index is 12.2. The van der Waals surface area contributed by atoms with E-state index in [4.69, 9.17) is 9.05 Å². The minimum atomic E-state index is -0.407. The van der Waals surface area contributed by atoms with Crippen LogP contribution in [0.25, 0.3) is 11.3 Å². The van der Waals surface area contributed by atoms with Crippen molar-refractivity contribution in [2.45, 2.75) is 25.7 Å². The third-order valence-corrected chi connectivity index (χ3v) is 4.57. The van der Waals surface area contributed by atoms with Crippen LogP contribution in [0.1, 0.15) is 34.5 Å². The van der Waals surface area contributed by atoms with Crippen molar-refractivity contribution in [3.8, 4) is 11.3 Å². The molecule has 1 aliphatic carbocycles. The van der Waals surface area contributed by atoms with E-state index in [1.165, 1.54) is 24.0 Å². The summed E-state index contributed by atoms with van der Waals surface area (Å²) in [7, 11) is 0. The van der Waals surface area contributed by atoms with Crippen LogP contribution in [0.2, 0.25) is 0 Å². The minimum Gasteiger partial charge on any atom is -0.444 e. The highest BCUT2D eigenvalue weighted by Crippen LogP contribution is 2.30. The van der Waals surface area contributed by atoms with Gasteiger partial charge in [0.2, 0.25) is 5.82 Å². The molecule has 0 radical (unpaired) electrons. The first-order valence-corrected chi connectivity index (χ1v) is 8.51. The lowest BCUT2D eigenvalue weighted by Gasteiger charge is -2.16. The molecule has 1 N–H and O–H groups in total. The lowest BCUT2D eigenvalue weighted by Crippen LogP contribution is -2.12. The molecule has 0 fully saturated rings. The summed E-state index contributed by atoms with van der Waals surface area (Å²) in [6.45, 7) is 0. The number of anilines is 1. The van der Waals surface area contributed by atoms with Crippen molar-refractivity contribution < 1.29 is 13.8 Å². The van der Waals surface area contributed by atoms with Crippen LogP contribution < -0.4 is 5.32 Å². The lowest BCUT2D eigenvalue weighted by atomic mass is 9.90. The fourth-order valence-corrected chi connectivity index (χ4v) is 3.25. The Hall–Kier alpha value is -2.41. The van der Waals surface area contributed by atoms with Crippen molar-refractivity contribution in [2.75, 3.05) is 5.32 Å². The van der Waals surface area contributed by atoms with Gasteiger partial charge < -0.3 is 4.42 Å². The highest BCUT2D eigenvalue weighted by atomic mass is 79.9. The van der Waals surface area contributed by atoms with E-state index in [0.29, 0.717) is 10.4 Å². The average Bonchev–Trinajstić information content (AvgIpc) is 3.23. The summed E-state index contributed by atoms with van der Waals surface area (Å²) in [5.41, 5.74) is 4.11. The number of hydrogen-bond donors (Lipinski definition) is 1. The Morgan fingerprint density at radius 1 is 1.08 bits per heavy atom. The van der Waals surface area contributed by atoms with Crippen molar-refractivity contribution >= 4 is 27.7 Å². The molecular formula is C17H14BrN3O3. The van der Waals surface area contributed by atoms with E-state index in [9.17, 15) is 4.79 Å². The molecule has 6 nitrogen and oxygen atoms in total. The number of halogens is 1. The van der Waals surface area contributed by atoms with Gasteiger partial charge in [0.25, 0.3) is 5.91 Å². The second-order valence-electron chi connectivity index (χ2n) is 5.71. The molecule has 0 unspecified atom stereocenters. The summed E-state index contributed by atoms with van der Waals surface area (Å²) in [5, 5.41) is 10.4. The Bertz CT molecular complexity index is 900. The van der Waals surface area contributed by atoms with Crippen molar-refractivity contribution in [2.24, 2.45) is 0 Å². The fraction of sp³-hybridized carbons (Fsp3) is 0.235. The molecule has 0 atom stereocenters. The van der Waals surface area contributed by atoms with Gasteiger partial charge in [0, 0.05) is 5.56 Å². The smallest absolute Gasteiger partial charge is 0.292 e. The molecule has 2 aromatic heterocycles. The molecule has 1 aliphatic rings. The number of furan rings is 1. The van der Waals surface area contributed by atoms with Gasteiger partial charge in [0.05, 0.1) is 0 Å². The fourth-order valence-electron chi connectivity index (χ4n) is 2.95. The van der Waals surface area contributed by atoms with Crippen LogP contribution in [0.3, 0.4) is 0 Å². The predicted molar refractivity (Wildman–Crippen MR) is 90.7 cm³/mol. The largest absolute Gasteiger partial charge is 0.444 e. The Kier molecular flexibility index (Phi) is 3.93. The second-order valence-corrected chi connectivity index (χ2v) is 6.49. The van der Waals surface area contributed by atoms with Crippen LogP contribution in [0.15, 0.2) is 44.0 Å². The van der Waals surface area contributed by atoms with Gasteiger partial charge >= 0.3 is 0 Å². The molecule has 122 valence electrons. The summed E-state index contributed by atoms with van der Waals surface area (Å²) in [6, 6.07) is 9.44. The van der Waals surface area contributed by atoms with E-state index >= 15 is 0 Å². The third-order valence-electron chi connectivity index (χ3n) is 4.14. The SMILES string of the molecule is O=C(Nc1nonc1-c1ccc2c(c1)CCCC2)c1ccc(Br)o1. The number of carbonyl (C=O) groups excluding carboxylic acids is 1. The lowest BCUT2D eigenvalue weighted by molar-refractivity contribution is 0.0994. The number of fused-ring (bicyclic) bond motifs is 1. The first-order chi connectivity index (χ1) is 11.7. The van der Waals surface area contributed by atoms with Gasteiger partial charge in [-0.2, -0.15) is 0 Å². The number of nitrogens with one attached hydrogen (secondary N) is 1. The summed E-state index contributed by atoms with van der Waals surface area (Å²) in [5.74, 6) is 0.0557. The first-order valence-electron chi connectivity index (χ1n) is 7.72. The van der Waals surface area contributed by atoms with E-state index in [1.54, 1.807) is 12.1 Å². The zero-order chi connectivity index (χ0) is 16.5. The quantitative estimate of drug-likeness (QED) is 0.727. The molecule has 0 saturated heterocycles. The molecule has 1 amide bonds. The van der Waals surface area contributed by atoms with Crippen molar-refractivity contribution in [3.63, 3.8) is 0 Å². The third kappa shape index (κ3) is 2.87. The molecule has 0 spiro atoms. The Labute approximate surface area is 146 Å². The van der Waals surface area contributed by atoms with E-state index in [-0.39, 0.29) is 11.6 Å². The number of aryl methyl sites for hydroxylation is 2. The molecule has 24 heavy (non-hydrogen) atoms. The number of benzene rings is 1. The minimum absolute atomic E-state index is 0.182. The molecular weight excluding hydrogens is 374 g/mol. The molecule has 0 aliphatic heterocycles. The summed E-state index contributed by atoms with van der Waals surface area (Å²) < 4.78 is 10.6. The van der Waals surface area contributed by atoms with E-state index in [1.807, 2.05) is 6.07 Å². The van der Waals surface area contributed by atoms with Crippen molar-refractivity contribution in [1.29, 1.82) is 0 Å². The summed E-state index contributed by atoms with van der Waals surface area (Å²) in [6.07, 6.45) is 4.61. The maximum atomic E-state index is 12.2. The molecule has 1 aromatic carbocycles. The standard InChI is InChI=1S/C17H14BrN3O3/c18-14-8-7-13(23-14)17(22)19-16-15(20-24-21-16)12-6-5-10-3-1-2-4-11(10)9-12/h5-9H,1-4H2,(H,19,21,22). The zero-order valence-corrected chi connectivity index (χ0v) is 14.3. The number of aromatic nitrogens is 2. The van der Waals surface area contributed by atoms with Crippen molar-refractivity contribution in [3.05, 3.63) is 51.9 Å². The number of carbonyl (C=O) groups is 1. The highest BCUT2D eigenvalue weighted by Gasteiger charge is 2.19. The number of amides is 1.